The third kappa shape index (κ3) is 2.29. The number of rotatable bonds is 3. The Balaban J connectivity index is 2.24. The zero-order valence-corrected chi connectivity index (χ0v) is 11.6. The Morgan fingerprint density at radius 2 is 1.62 bits per heavy atom. The first-order valence-corrected chi connectivity index (χ1v) is 6.17. The molecule has 2 heterocycles. The molecule has 7 heteroatoms. The van der Waals surface area contributed by atoms with Crippen LogP contribution in [-0.4, -0.2) is 34.2 Å². The van der Waals surface area contributed by atoms with Crippen molar-refractivity contribution < 1.29 is 9.47 Å². The Labute approximate surface area is 120 Å². The van der Waals surface area contributed by atoms with Gasteiger partial charge in [0.05, 0.1) is 25.3 Å². The Morgan fingerprint density at radius 3 is 2.29 bits per heavy atom. The largest absolute Gasteiger partial charge is 0.493 e. The average molecular weight is 283 g/mol. The SMILES string of the molecule is COc1cc2nc(-c3cncnc3)nc(N)c2cc1OC. The third-order valence-corrected chi connectivity index (χ3v) is 3.05. The van der Waals surface area contributed by atoms with E-state index in [0.717, 1.165) is 0 Å². The predicted octanol–water partition coefficient (Wildman–Crippen LogP) is 1.69. The molecule has 2 N–H and O–H groups in total. The van der Waals surface area contributed by atoms with Crippen molar-refractivity contribution in [1.29, 1.82) is 0 Å². The molecule has 0 aliphatic heterocycles. The quantitative estimate of drug-likeness (QED) is 0.781. The normalized spacial score (nSPS) is 10.6. The van der Waals surface area contributed by atoms with Crippen LogP contribution in [0.25, 0.3) is 22.3 Å². The number of nitrogens with two attached hydrogens (primary N) is 1. The first-order valence-electron chi connectivity index (χ1n) is 6.17. The smallest absolute Gasteiger partial charge is 0.165 e. The molecular formula is C14H13N5O2. The molecule has 0 radical (unpaired) electrons. The number of anilines is 1. The second kappa shape index (κ2) is 5.20. The van der Waals surface area contributed by atoms with Crippen LogP contribution in [0.4, 0.5) is 5.82 Å². The molecule has 0 aliphatic carbocycles. The number of hydrogen-bond donors (Lipinski definition) is 1. The van der Waals surface area contributed by atoms with Gasteiger partial charge in [-0.2, -0.15) is 0 Å². The van der Waals surface area contributed by atoms with Crippen molar-refractivity contribution in [3.05, 3.63) is 30.9 Å². The molecule has 0 saturated carbocycles. The summed E-state index contributed by atoms with van der Waals surface area (Å²) in [6, 6.07) is 3.52. The number of nitrogens with zero attached hydrogens (tertiary/aromatic N) is 4. The summed E-state index contributed by atoms with van der Waals surface area (Å²) in [5.41, 5.74) is 7.38. The Hall–Kier alpha value is -2.96. The molecule has 3 aromatic rings. The van der Waals surface area contributed by atoms with Crippen LogP contribution >= 0.6 is 0 Å². The number of ether oxygens (including phenoxy) is 2. The van der Waals surface area contributed by atoms with Gasteiger partial charge in [0.2, 0.25) is 0 Å². The Bertz CT molecular complexity index is 792. The maximum absolute atomic E-state index is 6.02. The van der Waals surface area contributed by atoms with Crippen molar-refractivity contribution in [1.82, 2.24) is 19.9 Å². The molecule has 3 rings (SSSR count). The highest BCUT2D eigenvalue weighted by atomic mass is 16.5. The van der Waals surface area contributed by atoms with E-state index in [4.69, 9.17) is 15.2 Å². The second-order valence-electron chi connectivity index (χ2n) is 4.28. The maximum atomic E-state index is 6.02. The van der Waals surface area contributed by atoms with Crippen LogP contribution in [0, 0.1) is 0 Å². The van der Waals surface area contributed by atoms with Crippen LogP contribution in [0.15, 0.2) is 30.9 Å². The molecule has 0 aliphatic rings. The predicted molar refractivity (Wildman–Crippen MR) is 78.1 cm³/mol. The lowest BCUT2D eigenvalue weighted by Gasteiger charge is -2.10. The van der Waals surface area contributed by atoms with Gasteiger partial charge in [0.25, 0.3) is 0 Å². The highest BCUT2D eigenvalue weighted by Crippen LogP contribution is 2.34. The first-order chi connectivity index (χ1) is 10.2. The second-order valence-corrected chi connectivity index (χ2v) is 4.28. The van der Waals surface area contributed by atoms with Gasteiger partial charge in [0.1, 0.15) is 12.1 Å². The van der Waals surface area contributed by atoms with Crippen LogP contribution in [-0.2, 0) is 0 Å². The molecule has 7 nitrogen and oxygen atoms in total. The van der Waals surface area contributed by atoms with Gasteiger partial charge in [-0.3, -0.25) is 0 Å². The molecule has 21 heavy (non-hydrogen) atoms. The van der Waals surface area contributed by atoms with E-state index in [1.54, 1.807) is 38.7 Å². The molecule has 2 aromatic heterocycles. The molecule has 0 saturated heterocycles. The molecule has 0 unspecified atom stereocenters. The van der Waals surface area contributed by atoms with Gasteiger partial charge < -0.3 is 15.2 Å². The van der Waals surface area contributed by atoms with E-state index < -0.39 is 0 Å². The number of nitrogen functional groups attached to an aromatic ring is 1. The Morgan fingerprint density at radius 1 is 0.952 bits per heavy atom. The van der Waals surface area contributed by atoms with Crippen molar-refractivity contribution in [3.63, 3.8) is 0 Å². The van der Waals surface area contributed by atoms with E-state index in [1.165, 1.54) is 6.33 Å². The molecule has 0 bridgehead atoms. The minimum Gasteiger partial charge on any atom is -0.493 e. The van der Waals surface area contributed by atoms with Gasteiger partial charge >= 0.3 is 0 Å². The Kier molecular flexibility index (Phi) is 3.23. The van der Waals surface area contributed by atoms with E-state index in [9.17, 15) is 0 Å². The van der Waals surface area contributed by atoms with Crippen molar-refractivity contribution in [2.45, 2.75) is 0 Å². The summed E-state index contributed by atoms with van der Waals surface area (Å²) in [5, 5.41) is 0.702. The van der Waals surface area contributed by atoms with Gasteiger partial charge in [-0.25, -0.2) is 19.9 Å². The van der Waals surface area contributed by atoms with Crippen LogP contribution in [0.1, 0.15) is 0 Å². The van der Waals surface area contributed by atoms with E-state index in [0.29, 0.717) is 39.6 Å². The lowest BCUT2D eigenvalue weighted by molar-refractivity contribution is 0.356. The van der Waals surface area contributed by atoms with Gasteiger partial charge in [-0.05, 0) is 6.07 Å². The highest BCUT2D eigenvalue weighted by Gasteiger charge is 2.12. The summed E-state index contributed by atoms with van der Waals surface area (Å²) in [6.45, 7) is 0. The average Bonchev–Trinajstić information content (AvgIpc) is 2.54. The summed E-state index contributed by atoms with van der Waals surface area (Å²) in [5.74, 6) is 1.99. The third-order valence-electron chi connectivity index (χ3n) is 3.05. The van der Waals surface area contributed by atoms with Crippen molar-refractivity contribution in [2.24, 2.45) is 0 Å². The van der Waals surface area contributed by atoms with Gasteiger partial charge in [0.15, 0.2) is 17.3 Å². The van der Waals surface area contributed by atoms with Gasteiger partial charge in [-0.1, -0.05) is 0 Å². The zero-order valence-electron chi connectivity index (χ0n) is 11.6. The summed E-state index contributed by atoms with van der Waals surface area (Å²) >= 11 is 0. The summed E-state index contributed by atoms with van der Waals surface area (Å²) in [7, 11) is 3.14. The minimum atomic E-state index is 0.361. The molecule has 0 spiro atoms. The lowest BCUT2D eigenvalue weighted by atomic mass is 10.2. The molecular weight excluding hydrogens is 270 g/mol. The number of methoxy groups -OCH3 is 2. The summed E-state index contributed by atoms with van der Waals surface area (Å²) in [4.78, 5) is 16.7. The fourth-order valence-corrected chi connectivity index (χ4v) is 2.02. The summed E-state index contributed by atoms with van der Waals surface area (Å²) in [6.07, 6.45) is 4.71. The topological polar surface area (TPSA) is 96.0 Å². The van der Waals surface area contributed by atoms with Crippen molar-refractivity contribution in [2.75, 3.05) is 20.0 Å². The number of fused-ring (bicyclic) bond motifs is 1. The minimum absolute atomic E-state index is 0.361. The number of benzene rings is 1. The fraction of sp³-hybridized carbons (Fsp3) is 0.143. The molecule has 1 aromatic carbocycles. The van der Waals surface area contributed by atoms with E-state index in [2.05, 4.69) is 19.9 Å². The molecule has 0 amide bonds. The highest BCUT2D eigenvalue weighted by molar-refractivity contribution is 5.92. The molecule has 0 atom stereocenters. The maximum Gasteiger partial charge on any atom is 0.165 e. The zero-order chi connectivity index (χ0) is 14.8. The first kappa shape index (κ1) is 13.0. The van der Waals surface area contributed by atoms with E-state index in [-0.39, 0.29) is 0 Å². The van der Waals surface area contributed by atoms with Crippen LogP contribution in [0.3, 0.4) is 0 Å². The van der Waals surface area contributed by atoms with Gasteiger partial charge in [-0.15, -0.1) is 0 Å². The van der Waals surface area contributed by atoms with Gasteiger partial charge in [0, 0.05) is 23.8 Å². The molecule has 0 fully saturated rings. The fourth-order valence-electron chi connectivity index (χ4n) is 2.02. The number of aromatic nitrogens is 4. The molecule has 106 valence electrons. The lowest BCUT2D eigenvalue weighted by Crippen LogP contribution is -2.00. The monoisotopic (exact) mass is 283 g/mol. The summed E-state index contributed by atoms with van der Waals surface area (Å²) < 4.78 is 10.5. The van der Waals surface area contributed by atoms with Crippen LogP contribution in [0.5, 0.6) is 11.5 Å². The van der Waals surface area contributed by atoms with Crippen LogP contribution in [0.2, 0.25) is 0 Å². The van der Waals surface area contributed by atoms with E-state index >= 15 is 0 Å². The van der Waals surface area contributed by atoms with Crippen molar-refractivity contribution in [3.8, 4) is 22.9 Å². The number of hydrogen-bond acceptors (Lipinski definition) is 7. The van der Waals surface area contributed by atoms with E-state index in [1.807, 2.05) is 0 Å². The van der Waals surface area contributed by atoms with Crippen molar-refractivity contribution >= 4 is 16.7 Å². The standard InChI is InChI=1S/C14H13N5O2/c1-20-11-3-9-10(4-12(11)21-2)18-14(19-13(9)15)8-5-16-7-17-6-8/h3-7H,1-2H3,(H2,15,18,19). The van der Waals surface area contributed by atoms with Crippen LogP contribution < -0.4 is 15.2 Å².